The number of anilines is 1. The molecule has 0 spiro atoms. The van der Waals surface area contributed by atoms with E-state index in [0.717, 1.165) is 11.3 Å². The number of nitro groups is 1. The summed E-state index contributed by atoms with van der Waals surface area (Å²) in [5.41, 5.74) is 2.19. The summed E-state index contributed by atoms with van der Waals surface area (Å²) >= 11 is 1.14. The average molecular weight is 372 g/mol. The number of ether oxygens (including phenoxy) is 1. The van der Waals surface area contributed by atoms with E-state index in [1.54, 1.807) is 26.0 Å². The second-order valence-electron chi connectivity index (χ2n) is 5.62. The number of carbonyl (C=O) groups is 1. The lowest BCUT2D eigenvalue weighted by Crippen LogP contribution is -2.25. The van der Waals surface area contributed by atoms with Crippen molar-refractivity contribution in [2.75, 3.05) is 11.9 Å². The third kappa shape index (κ3) is 3.21. The zero-order valence-electron chi connectivity index (χ0n) is 14.1. The van der Waals surface area contributed by atoms with Gasteiger partial charge < -0.3 is 10.1 Å². The van der Waals surface area contributed by atoms with E-state index in [1.165, 1.54) is 18.3 Å². The molecule has 0 radical (unpaired) electrons. The molecule has 0 saturated heterocycles. The Morgan fingerprint density at radius 3 is 2.96 bits per heavy atom. The van der Waals surface area contributed by atoms with Gasteiger partial charge in [0, 0.05) is 35.5 Å². The number of carbonyl (C=O) groups excluding carboxylic acids is 1. The average Bonchev–Trinajstić information content (AvgIpc) is 2.60. The van der Waals surface area contributed by atoms with Gasteiger partial charge in [-0.3, -0.25) is 15.5 Å². The fraction of sp³-hybridized carbons (Fsp3) is 0.235. The molecular weight excluding hydrogens is 356 g/mol. The van der Waals surface area contributed by atoms with Crippen molar-refractivity contribution < 1.29 is 14.5 Å². The number of non-ortho nitro benzene ring substituents is 1. The number of esters is 1. The molecule has 1 unspecified atom stereocenters. The Labute approximate surface area is 152 Å². The number of hydrogen-bond acceptors (Lipinski definition) is 8. The summed E-state index contributed by atoms with van der Waals surface area (Å²) in [6, 6.07) is 6.17. The third-order valence-corrected chi connectivity index (χ3v) is 4.84. The minimum atomic E-state index is -0.561. The third-order valence-electron chi connectivity index (χ3n) is 4.00. The molecule has 8 nitrogen and oxygen atoms in total. The van der Waals surface area contributed by atoms with Crippen LogP contribution in [0, 0.1) is 15.5 Å². The number of nitrogens with one attached hydrogen (secondary N) is 2. The first-order chi connectivity index (χ1) is 12.4. The van der Waals surface area contributed by atoms with Crippen molar-refractivity contribution >= 4 is 28.0 Å². The summed E-state index contributed by atoms with van der Waals surface area (Å²) in [6.45, 7) is 3.68. The van der Waals surface area contributed by atoms with Crippen molar-refractivity contribution in [1.29, 1.82) is 5.41 Å². The van der Waals surface area contributed by atoms with E-state index in [1.807, 2.05) is 0 Å². The van der Waals surface area contributed by atoms with Crippen LogP contribution >= 0.6 is 11.3 Å². The van der Waals surface area contributed by atoms with Crippen LogP contribution in [0.5, 0.6) is 0 Å². The van der Waals surface area contributed by atoms with Crippen molar-refractivity contribution in [3.8, 4) is 0 Å². The molecule has 134 valence electrons. The molecule has 1 aromatic carbocycles. The molecule has 1 aliphatic rings. The molecule has 0 bridgehead atoms. The van der Waals surface area contributed by atoms with Gasteiger partial charge in [0.15, 0.2) is 0 Å². The Kier molecular flexibility index (Phi) is 4.81. The highest BCUT2D eigenvalue weighted by Gasteiger charge is 2.34. The van der Waals surface area contributed by atoms with Gasteiger partial charge in [0.2, 0.25) is 4.80 Å². The molecule has 1 aliphatic heterocycles. The number of fused-ring (bicyclic) bond motifs is 1. The highest BCUT2D eigenvalue weighted by Crippen LogP contribution is 2.43. The van der Waals surface area contributed by atoms with Gasteiger partial charge in [-0.1, -0.05) is 23.5 Å². The lowest BCUT2D eigenvalue weighted by Gasteiger charge is -2.29. The monoisotopic (exact) mass is 372 g/mol. The van der Waals surface area contributed by atoms with Gasteiger partial charge in [-0.05, 0) is 19.4 Å². The first-order valence-corrected chi connectivity index (χ1v) is 8.68. The fourth-order valence-corrected chi connectivity index (χ4v) is 3.72. The molecule has 2 N–H and O–H groups in total. The van der Waals surface area contributed by atoms with Gasteiger partial charge in [0.25, 0.3) is 5.69 Å². The lowest BCUT2D eigenvalue weighted by molar-refractivity contribution is -0.384. The largest absolute Gasteiger partial charge is 0.463 e. The molecule has 0 fully saturated rings. The molecule has 2 aromatic rings. The van der Waals surface area contributed by atoms with Crippen molar-refractivity contribution in [3.63, 3.8) is 0 Å². The Bertz CT molecular complexity index is 983. The summed E-state index contributed by atoms with van der Waals surface area (Å²) < 4.78 is 5.20. The zero-order valence-corrected chi connectivity index (χ0v) is 14.9. The van der Waals surface area contributed by atoms with Gasteiger partial charge in [0.05, 0.1) is 17.1 Å². The summed E-state index contributed by atoms with van der Waals surface area (Å²) in [5, 5.41) is 22.7. The van der Waals surface area contributed by atoms with Crippen LogP contribution in [-0.2, 0) is 9.53 Å². The van der Waals surface area contributed by atoms with Crippen molar-refractivity contribution in [2.24, 2.45) is 0 Å². The van der Waals surface area contributed by atoms with Crippen LogP contribution in [0.25, 0.3) is 0 Å². The van der Waals surface area contributed by atoms with Gasteiger partial charge in [0.1, 0.15) is 5.00 Å². The van der Waals surface area contributed by atoms with E-state index in [4.69, 9.17) is 10.1 Å². The second kappa shape index (κ2) is 7.04. The maximum atomic E-state index is 12.6. The predicted octanol–water partition coefficient (Wildman–Crippen LogP) is 2.93. The minimum absolute atomic E-state index is 0.0582. The highest BCUT2D eigenvalue weighted by molar-refractivity contribution is 7.13. The zero-order chi connectivity index (χ0) is 18.8. The maximum Gasteiger partial charge on any atom is 0.336 e. The van der Waals surface area contributed by atoms with Crippen LogP contribution < -0.4 is 10.1 Å². The topological polar surface area (TPSA) is 118 Å². The molecule has 0 saturated carbocycles. The summed E-state index contributed by atoms with van der Waals surface area (Å²) in [6.07, 6.45) is 1.52. The number of rotatable bonds is 4. The van der Waals surface area contributed by atoms with E-state index in [9.17, 15) is 14.9 Å². The van der Waals surface area contributed by atoms with Crippen LogP contribution in [0.1, 0.15) is 30.9 Å². The molecule has 0 amide bonds. The quantitative estimate of drug-likeness (QED) is 0.484. The summed E-state index contributed by atoms with van der Waals surface area (Å²) in [4.78, 5) is 27.4. The van der Waals surface area contributed by atoms with Crippen LogP contribution in [-0.4, -0.2) is 22.5 Å². The number of nitrogens with zero attached hydrogens (tertiary/aromatic N) is 2. The van der Waals surface area contributed by atoms with E-state index >= 15 is 0 Å². The van der Waals surface area contributed by atoms with Crippen LogP contribution in [0.2, 0.25) is 0 Å². The van der Waals surface area contributed by atoms with Gasteiger partial charge in [-0.15, -0.1) is 0 Å². The number of benzene rings is 1. The fourth-order valence-electron chi connectivity index (χ4n) is 2.93. The smallest absolute Gasteiger partial charge is 0.336 e. The standard InChI is InChI=1S/C17H16N4O4S/c1-3-25-16(22)13-9(2)20-15-12(8-19-17(18)26-15)14(13)10-5-4-6-11(7-10)21(23)24/h4-8,14,18,20H,3H2,1-2H3. The molecule has 9 heteroatoms. The minimum Gasteiger partial charge on any atom is -0.463 e. The Hall–Kier alpha value is -3.07. The molecule has 2 heterocycles. The van der Waals surface area contributed by atoms with Crippen LogP contribution in [0.3, 0.4) is 0 Å². The van der Waals surface area contributed by atoms with E-state index < -0.39 is 16.8 Å². The SMILES string of the molecule is CCOC(=O)C1=C(C)Nc2sc(=N)ncc2C1c1cccc([N+](=O)[O-])c1. The Morgan fingerprint density at radius 2 is 2.27 bits per heavy atom. The molecular formula is C17H16N4O4S. The summed E-state index contributed by atoms with van der Waals surface area (Å²) in [5.74, 6) is -1.05. The Morgan fingerprint density at radius 1 is 1.50 bits per heavy atom. The first-order valence-electron chi connectivity index (χ1n) is 7.86. The van der Waals surface area contributed by atoms with Gasteiger partial charge in [-0.25, -0.2) is 9.78 Å². The van der Waals surface area contributed by atoms with E-state index in [0.29, 0.717) is 27.4 Å². The molecule has 1 aromatic heterocycles. The number of aromatic nitrogens is 1. The molecule has 0 aliphatic carbocycles. The van der Waals surface area contributed by atoms with E-state index in [2.05, 4.69) is 10.3 Å². The van der Waals surface area contributed by atoms with Crippen molar-refractivity contribution in [2.45, 2.75) is 19.8 Å². The maximum absolute atomic E-state index is 12.6. The lowest BCUT2D eigenvalue weighted by atomic mass is 9.83. The van der Waals surface area contributed by atoms with Crippen molar-refractivity contribution in [3.05, 3.63) is 67.8 Å². The van der Waals surface area contributed by atoms with Crippen LogP contribution in [0.15, 0.2) is 41.7 Å². The second-order valence-corrected chi connectivity index (χ2v) is 6.62. The van der Waals surface area contributed by atoms with E-state index in [-0.39, 0.29) is 17.1 Å². The predicted molar refractivity (Wildman–Crippen MR) is 95.9 cm³/mol. The molecule has 26 heavy (non-hydrogen) atoms. The van der Waals surface area contributed by atoms with Crippen molar-refractivity contribution in [1.82, 2.24) is 4.98 Å². The normalized spacial score (nSPS) is 15.8. The number of allylic oxidation sites excluding steroid dienone is 1. The Balaban J connectivity index is 2.23. The number of hydrogen-bond donors (Lipinski definition) is 2. The summed E-state index contributed by atoms with van der Waals surface area (Å²) in [7, 11) is 0. The molecule has 1 atom stereocenters. The highest BCUT2D eigenvalue weighted by atomic mass is 32.1. The van der Waals surface area contributed by atoms with Gasteiger partial charge in [-0.2, -0.15) is 0 Å². The van der Waals surface area contributed by atoms with Crippen LogP contribution in [0.4, 0.5) is 10.7 Å². The van der Waals surface area contributed by atoms with Gasteiger partial charge >= 0.3 is 5.97 Å². The number of nitro benzene ring substituents is 1. The first kappa shape index (κ1) is 17.7. The molecule has 3 rings (SSSR count).